The van der Waals surface area contributed by atoms with Crippen molar-refractivity contribution in [1.82, 2.24) is 54.8 Å². The second-order valence-corrected chi connectivity index (χ2v) is 36.4. The molecule has 0 spiro atoms. The van der Waals surface area contributed by atoms with Crippen LogP contribution in [-0.2, 0) is 55.8 Å². The van der Waals surface area contributed by atoms with Gasteiger partial charge in [0.15, 0.2) is 35.3 Å². The minimum Gasteiger partial charge on any atom is -0.264 e. The minimum absolute atomic E-state index is 0.444. The van der Waals surface area contributed by atoms with Gasteiger partial charge in [0.2, 0.25) is 28.1 Å². The highest BCUT2D eigenvalue weighted by atomic mass is 15.0. The van der Waals surface area contributed by atoms with E-state index in [2.05, 4.69) is 407 Å². The lowest BCUT2D eigenvalue weighted by Gasteiger charge is -2.12. The molecular weight excluding hydrogens is 1680 g/mol. The van der Waals surface area contributed by atoms with Crippen LogP contribution in [0.3, 0.4) is 0 Å². The fraction of sp³-hybridized carbons (Fsp3) is 0.210. The van der Waals surface area contributed by atoms with E-state index >= 15 is 0 Å². The zero-order chi connectivity index (χ0) is 96.8. The maximum absolute atomic E-state index is 4.97. The number of pyridine rings is 10. The van der Waals surface area contributed by atoms with Crippen LogP contribution in [0, 0.1) is 82.1 Å². The molecule has 0 saturated carbocycles. The quantitative estimate of drug-likeness (QED) is 0.119. The van der Waals surface area contributed by atoms with Crippen molar-refractivity contribution in [2.24, 2.45) is 55.3 Å². The van der Waals surface area contributed by atoms with Gasteiger partial charge in [-0.05, 0) is 243 Å². The molecule has 14 aromatic heterocycles. The summed E-state index contributed by atoms with van der Waals surface area (Å²) >= 11 is 0. The van der Waals surface area contributed by atoms with Crippen molar-refractivity contribution in [3.05, 3.63) is 396 Å². The van der Waals surface area contributed by atoms with Gasteiger partial charge in [0, 0.05) is 100 Å². The summed E-state index contributed by atoms with van der Waals surface area (Å²) in [5.41, 5.74) is 41.3. The summed E-state index contributed by atoms with van der Waals surface area (Å²) in [6.07, 6.45) is 27.4. The second-order valence-electron chi connectivity index (χ2n) is 36.4. The molecule has 7 aromatic carbocycles. The van der Waals surface area contributed by atoms with E-state index in [-0.39, 0.29) is 0 Å². The van der Waals surface area contributed by atoms with Gasteiger partial charge in [-0.25, -0.2) is 42.4 Å². The third-order valence-electron chi connectivity index (χ3n) is 25.3. The maximum atomic E-state index is 4.97. The summed E-state index contributed by atoms with van der Waals surface area (Å²) in [7, 11) is 14.4. The SMILES string of the molecule is Cc1cc(C)c(C)c(-c2c3ccc(C(C)C)nc3cc[n+]2C)c1.Cc1cc(C)c(C)c(-c2c3cccnc3cc[n+]2C)c1.Cc1ccccc1-c1c2cccnc2nc[n+]1C.Cc1ccccc1-c1c2ccncc2nc[n+]1C.Cc1ccccc1-c1c2cnccc2nc[n+]1C.Cc1ccccc1-c1c2nc(CC(C)C)ccc2cc[n+]1C.Cc1ccccc1-c1c2ncccc2nc[n+]1C. The molecule has 0 atom stereocenters. The average molecular weight is 1810 g/mol. The van der Waals surface area contributed by atoms with Crippen molar-refractivity contribution in [1.29, 1.82) is 0 Å². The number of rotatable bonds is 10. The first-order valence-electron chi connectivity index (χ1n) is 46.7. The number of hydrogen-bond acceptors (Lipinski definition) is 11. The fourth-order valence-corrected chi connectivity index (χ4v) is 18.0. The van der Waals surface area contributed by atoms with E-state index in [1.54, 1.807) is 18.6 Å². The van der Waals surface area contributed by atoms with E-state index in [1.807, 2.05) is 128 Å². The predicted molar refractivity (Wildman–Crippen MR) is 554 cm³/mol. The Morgan fingerprint density at radius 2 is 0.672 bits per heavy atom. The molecule has 0 saturated heterocycles. The van der Waals surface area contributed by atoms with Crippen LogP contribution in [0.15, 0.2) is 324 Å². The van der Waals surface area contributed by atoms with Crippen LogP contribution < -0.4 is 32.0 Å². The third kappa shape index (κ3) is 21.5. The molecule has 21 aromatic rings. The van der Waals surface area contributed by atoms with Crippen LogP contribution in [0.25, 0.3) is 155 Å². The van der Waals surface area contributed by atoms with Gasteiger partial charge in [-0.15, -0.1) is 0 Å². The molecular formula is C119H123N18+7. The first-order valence-corrected chi connectivity index (χ1v) is 46.7. The van der Waals surface area contributed by atoms with Crippen molar-refractivity contribution in [3.8, 4) is 78.8 Å². The molecule has 18 nitrogen and oxygen atoms in total. The van der Waals surface area contributed by atoms with E-state index in [0.717, 1.165) is 89.6 Å². The van der Waals surface area contributed by atoms with Crippen LogP contribution in [-0.4, -0.2) is 54.8 Å². The number of benzene rings is 7. The first-order chi connectivity index (χ1) is 66.1. The van der Waals surface area contributed by atoms with E-state index in [4.69, 9.17) is 9.97 Å². The normalized spacial score (nSPS) is 11.0. The number of fused-ring (bicyclic) bond motifs is 7. The Balaban J connectivity index is 0.000000122. The molecule has 0 amide bonds. The third-order valence-corrected chi connectivity index (χ3v) is 25.3. The topological polar surface area (TPSA) is 169 Å². The number of aryl methyl sites for hydroxylation is 16. The number of hydrogen-bond donors (Lipinski definition) is 0. The molecule has 137 heavy (non-hydrogen) atoms. The fourth-order valence-electron chi connectivity index (χ4n) is 18.0. The van der Waals surface area contributed by atoms with Gasteiger partial charge in [-0.3, -0.25) is 19.9 Å². The van der Waals surface area contributed by atoms with Crippen molar-refractivity contribution in [3.63, 3.8) is 0 Å². The highest BCUT2D eigenvalue weighted by Gasteiger charge is 2.26. The van der Waals surface area contributed by atoms with E-state index in [0.29, 0.717) is 11.8 Å². The molecule has 0 aliphatic heterocycles. The summed E-state index contributed by atoms with van der Waals surface area (Å²) in [5, 5.41) is 6.90. The standard InChI is InChI=1S/C21H25N2.C20H23N2.C18H19N2.4C15H14N3/c1-13(2)19-8-7-17-20(22-19)9-10-23(6)21(17)18-12-14(3)11-15(4)16(18)5;1-14(2)13-17-10-9-16-11-12-22(4)20(19(16)21-17)18-8-6-5-7-15(18)3;1-12-10-13(2)14(3)16(11-12)18-15-6-5-8-19-17(15)7-9-20(18)4;1-11-6-3-4-7-12(11)15-14-13(8-5-9-16-14)17-10-18(15)2;1-11-6-3-4-7-12(11)14-13-8-5-9-16-15(13)17-10-18(14)2;1-11-5-3-4-6-12(11)15-13-9-16-8-7-14(13)17-10-18(15)2;1-11-5-3-4-6-12(11)15-13-7-8-16-9-14(13)17-10-18(15)2/h7-13H,1-6H3;5-12,14H,13H2,1-4H3;5-11H,1-4H3;4*3-10H,1-2H3/q7*+1. The zero-order valence-corrected chi connectivity index (χ0v) is 83.0. The van der Waals surface area contributed by atoms with Crippen molar-refractivity contribution in [2.45, 2.75) is 116 Å². The monoisotopic (exact) mass is 1800 g/mol. The minimum atomic E-state index is 0.444. The Morgan fingerprint density at radius 3 is 1.22 bits per heavy atom. The summed E-state index contributed by atoms with van der Waals surface area (Å²) < 4.78 is 14.8. The summed E-state index contributed by atoms with van der Waals surface area (Å²) in [6, 6.07) is 82.1. The molecule has 0 aliphatic carbocycles. The van der Waals surface area contributed by atoms with Crippen molar-refractivity contribution >= 4 is 76.6 Å². The lowest BCUT2D eigenvalue weighted by molar-refractivity contribution is -0.662. The highest BCUT2D eigenvalue weighted by molar-refractivity contribution is 5.96. The Kier molecular flexibility index (Phi) is 30.1. The smallest absolute Gasteiger partial charge is 0.264 e. The molecule has 0 N–H and O–H groups in total. The predicted octanol–water partition coefficient (Wildman–Crippen LogP) is 22.4. The van der Waals surface area contributed by atoms with Crippen molar-refractivity contribution < 1.29 is 32.0 Å². The Morgan fingerprint density at radius 1 is 0.263 bits per heavy atom. The Bertz CT molecular complexity index is 7520. The zero-order valence-electron chi connectivity index (χ0n) is 83.0. The van der Waals surface area contributed by atoms with Crippen molar-refractivity contribution in [2.75, 3.05) is 0 Å². The lowest BCUT2D eigenvalue weighted by atomic mass is 9.95. The molecule has 0 radical (unpaired) electrons. The van der Waals surface area contributed by atoms with Crippen LogP contribution in [0.5, 0.6) is 0 Å². The molecule has 0 aliphatic rings. The first kappa shape index (κ1) is 95.8. The van der Waals surface area contributed by atoms with Gasteiger partial charge in [-0.1, -0.05) is 172 Å². The van der Waals surface area contributed by atoms with Crippen LogP contribution in [0.2, 0.25) is 0 Å². The molecule has 14 heterocycles. The Labute approximate surface area is 805 Å². The molecule has 682 valence electrons. The summed E-state index contributed by atoms with van der Waals surface area (Å²) in [5.74, 6) is 1.06. The molecule has 0 unspecified atom stereocenters. The molecule has 21 rings (SSSR count). The number of aromatic nitrogens is 18. The average Bonchev–Trinajstić information content (AvgIpc) is 1.00. The van der Waals surface area contributed by atoms with Gasteiger partial charge in [0.1, 0.15) is 43.7 Å². The number of nitrogens with zero attached hydrogens (tertiary/aromatic N) is 18. The van der Waals surface area contributed by atoms with Gasteiger partial charge in [0.25, 0.3) is 31.0 Å². The van der Waals surface area contributed by atoms with Crippen LogP contribution in [0.1, 0.15) is 106 Å². The van der Waals surface area contributed by atoms with Gasteiger partial charge in [-0.2, -0.15) is 4.57 Å². The maximum Gasteiger partial charge on any atom is 0.289 e. The van der Waals surface area contributed by atoms with Gasteiger partial charge in [0.05, 0.1) is 89.0 Å². The summed E-state index contributed by atoms with van der Waals surface area (Å²) in [4.78, 5) is 49.0. The van der Waals surface area contributed by atoms with Crippen LogP contribution >= 0.6 is 0 Å². The second kappa shape index (κ2) is 43.0. The van der Waals surface area contributed by atoms with Crippen LogP contribution in [0.4, 0.5) is 0 Å². The van der Waals surface area contributed by atoms with E-state index in [9.17, 15) is 0 Å². The van der Waals surface area contributed by atoms with E-state index < -0.39 is 0 Å². The highest BCUT2D eigenvalue weighted by Crippen LogP contribution is 2.36. The van der Waals surface area contributed by atoms with Gasteiger partial charge >= 0.3 is 0 Å². The molecule has 18 heteroatoms. The largest absolute Gasteiger partial charge is 0.289 e. The Hall–Kier alpha value is -15.8. The molecule has 0 fully saturated rings. The van der Waals surface area contributed by atoms with E-state index in [1.165, 1.54) is 145 Å². The molecule has 0 bridgehead atoms. The summed E-state index contributed by atoms with van der Waals surface area (Å²) in [6.45, 7) is 32.6. The lowest BCUT2D eigenvalue weighted by Crippen LogP contribution is -2.32. The van der Waals surface area contributed by atoms with Gasteiger partial charge < -0.3 is 0 Å².